The number of amides is 2. The Bertz CT molecular complexity index is 383. The van der Waals surface area contributed by atoms with Crippen LogP contribution in [0.25, 0.3) is 0 Å². The van der Waals surface area contributed by atoms with Gasteiger partial charge in [0.2, 0.25) is 11.8 Å². The summed E-state index contributed by atoms with van der Waals surface area (Å²) in [7, 11) is 0. The molecule has 2 rings (SSSR count). The highest BCUT2D eigenvalue weighted by molar-refractivity contribution is 5.85. The number of halogens is 1. The maximum absolute atomic E-state index is 12.1. The summed E-state index contributed by atoms with van der Waals surface area (Å²) in [5.41, 5.74) is 5.73. The van der Waals surface area contributed by atoms with E-state index in [1.165, 1.54) is 0 Å². The molecule has 0 spiro atoms. The molecule has 0 bridgehead atoms. The molecule has 6 heteroatoms. The molecule has 2 amide bonds. The van der Waals surface area contributed by atoms with Gasteiger partial charge in [0, 0.05) is 25.0 Å². The normalized spacial score (nSPS) is 21.4. The molecular weight excluding hydrogens is 290 g/mol. The van der Waals surface area contributed by atoms with Crippen LogP contribution in [0.4, 0.5) is 0 Å². The highest BCUT2D eigenvalue weighted by Crippen LogP contribution is 2.31. The molecule has 0 unspecified atom stereocenters. The van der Waals surface area contributed by atoms with Gasteiger partial charge in [0.1, 0.15) is 0 Å². The van der Waals surface area contributed by atoms with Crippen LogP contribution < -0.4 is 11.1 Å². The van der Waals surface area contributed by atoms with E-state index in [0.717, 1.165) is 38.8 Å². The number of hydrogen-bond acceptors (Lipinski definition) is 3. The Labute approximate surface area is 133 Å². The molecule has 5 nitrogen and oxygen atoms in total. The Hall–Kier alpha value is -0.810. The molecule has 1 saturated carbocycles. The molecule has 0 aromatic rings. The monoisotopic (exact) mass is 317 g/mol. The molecule has 122 valence electrons. The van der Waals surface area contributed by atoms with Crippen molar-refractivity contribution >= 4 is 24.2 Å². The fourth-order valence-electron chi connectivity index (χ4n) is 2.52. The summed E-state index contributed by atoms with van der Waals surface area (Å²) in [5.74, 6) is 0.515. The molecule has 1 atom stereocenters. The van der Waals surface area contributed by atoms with Gasteiger partial charge < -0.3 is 16.0 Å². The molecule has 1 saturated heterocycles. The van der Waals surface area contributed by atoms with Gasteiger partial charge in [-0.05, 0) is 31.1 Å². The van der Waals surface area contributed by atoms with Gasteiger partial charge in [-0.25, -0.2) is 0 Å². The second kappa shape index (κ2) is 6.97. The van der Waals surface area contributed by atoms with Gasteiger partial charge in [-0.15, -0.1) is 12.4 Å². The van der Waals surface area contributed by atoms with E-state index >= 15 is 0 Å². The number of likely N-dealkylation sites (tertiary alicyclic amines) is 1. The quantitative estimate of drug-likeness (QED) is 0.824. The van der Waals surface area contributed by atoms with E-state index < -0.39 is 6.04 Å². The maximum Gasteiger partial charge on any atom is 0.237 e. The van der Waals surface area contributed by atoms with Crippen LogP contribution in [0.5, 0.6) is 0 Å². The Morgan fingerprint density at radius 2 is 1.67 bits per heavy atom. The Morgan fingerprint density at radius 3 is 2.10 bits per heavy atom. The zero-order chi connectivity index (χ0) is 14.9. The van der Waals surface area contributed by atoms with Crippen LogP contribution in [0, 0.1) is 11.3 Å². The van der Waals surface area contributed by atoms with E-state index in [4.69, 9.17) is 5.73 Å². The number of nitrogens with zero attached hydrogens (tertiary/aromatic N) is 1. The van der Waals surface area contributed by atoms with Gasteiger partial charge in [-0.1, -0.05) is 20.8 Å². The van der Waals surface area contributed by atoms with E-state index in [1.54, 1.807) is 0 Å². The Kier molecular flexibility index (Phi) is 6.05. The van der Waals surface area contributed by atoms with Crippen molar-refractivity contribution in [1.29, 1.82) is 0 Å². The molecule has 0 radical (unpaired) electrons. The van der Waals surface area contributed by atoms with Crippen LogP contribution in [-0.2, 0) is 9.59 Å². The van der Waals surface area contributed by atoms with E-state index in [9.17, 15) is 9.59 Å². The third kappa shape index (κ3) is 4.85. The van der Waals surface area contributed by atoms with Crippen LogP contribution in [0.2, 0.25) is 0 Å². The molecule has 0 aromatic heterocycles. The second-order valence-corrected chi connectivity index (χ2v) is 7.23. The van der Waals surface area contributed by atoms with Crippen LogP contribution in [0.1, 0.15) is 46.5 Å². The highest BCUT2D eigenvalue weighted by atomic mass is 35.5. The first kappa shape index (κ1) is 18.2. The molecule has 1 heterocycles. The minimum atomic E-state index is -0.492. The van der Waals surface area contributed by atoms with Gasteiger partial charge in [-0.3, -0.25) is 9.59 Å². The van der Waals surface area contributed by atoms with Crippen LogP contribution in [0.15, 0.2) is 0 Å². The first-order valence-electron chi connectivity index (χ1n) is 7.64. The summed E-state index contributed by atoms with van der Waals surface area (Å²) < 4.78 is 0. The summed E-state index contributed by atoms with van der Waals surface area (Å²) in [6.07, 6.45) is 3.77. The topological polar surface area (TPSA) is 75.4 Å². The average molecular weight is 318 g/mol. The van der Waals surface area contributed by atoms with Gasteiger partial charge in [0.15, 0.2) is 0 Å². The van der Waals surface area contributed by atoms with E-state index in [2.05, 4.69) is 5.32 Å². The zero-order valence-corrected chi connectivity index (χ0v) is 14.0. The lowest BCUT2D eigenvalue weighted by atomic mass is 9.86. The predicted molar refractivity (Wildman–Crippen MR) is 85.1 cm³/mol. The van der Waals surface area contributed by atoms with Gasteiger partial charge >= 0.3 is 0 Å². The Morgan fingerprint density at radius 1 is 1.14 bits per heavy atom. The number of nitrogens with two attached hydrogens (primary N) is 1. The van der Waals surface area contributed by atoms with Crippen LogP contribution in [-0.4, -0.2) is 41.9 Å². The summed E-state index contributed by atoms with van der Waals surface area (Å²) >= 11 is 0. The lowest BCUT2D eigenvalue weighted by molar-refractivity contribution is -0.133. The smallest absolute Gasteiger partial charge is 0.237 e. The van der Waals surface area contributed by atoms with Crippen molar-refractivity contribution in [2.75, 3.05) is 13.1 Å². The van der Waals surface area contributed by atoms with Crippen molar-refractivity contribution in [1.82, 2.24) is 10.2 Å². The fraction of sp³-hybridized carbons (Fsp3) is 0.867. The molecule has 2 fully saturated rings. The lowest BCUT2D eigenvalue weighted by Gasteiger charge is -2.34. The number of hydrogen-bond donors (Lipinski definition) is 2. The molecule has 1 aliphatic heterocycles. The number of nitrogens with one attached hydrogen (secondary N) is 1. The first-order valence-corrected chi connectivity index (χ1v) is 7.64. The Balaban J connectivity index is 0.00000220. The average Bonchev–Trinajstić information content (AvgIpc) is 3.21. The van der Waals surface area contributed by atoms with E-state index in [0.29, 0.717) is 5.91 Å². The van der Waals surface area contributed by atoms with Crippen molar-refractivity contribution in [3.05, 3.63) is 0 Å². The van der Waals surface area contributed by atoms with E-state index in [-0.39, 0.29) is 35.7 Å². The van der Waals surface area contributed by atoms with Gasteiger partial charge in [0.25, 0.3) is 0 Å². The number of carbonyl (C=O) groups excluding carboxylic acids is 2. The fourth-order valence-corrected chi connectivity index (χ4v) is 2.52. The minimum Gasteiger partial charge on any atom is -0.352 e. The van der Waals surface area contributed by atoms with Crippen molar-refractivity contribution < 1.29 is 9.59 Å². The zero-order valence-electron chi connectivity index (χ0n) is 13.2. The largest absolute Gasteiger partial charge is 0.352 e. The molecular formula is C15H28ClN3O2. The van der Waals surface area contributed by atoms with Crippen molar-refractivity contribution in [2.24, 2.45) is 17.1 Å². The van der Waals surface area contributed by atoms with Crippen LogP contribution >= 0.6 is 12.4 Å². The molecule has 2 aliphatic rings. The summed E-state index contributed by atoms with van der Waals surface area (Å²) in [6, 6.07) is -0.340. The molecule has 1 aliphatic carbocycles. The van der Waals surface area contributed by atoms with Crippen molar-refractivity contribution in [2.45, 2.75) is 58.5 Å². The molecule has 21 heavy (non-hydrogen) atoms. The van der Waals surface area contributed by atoms with Crippen molar-refractivity contribution in [3.63, 3.8) is 0 Å². The minimum absolute atomic E-state index is 0. The van der Waals surface area contributed by atoms with Gasteiger partial charge in [0.05, 0.1) is 6.04 Å². The number of piperidine rings is 1. The van der Waals surface area contributed by atoms with Crippen molar-refractivity contribution in [3.8, 4) is 0 Å². The summed E-state index contributed by atoms with van der Waals surface area (Å²) in [5, 5.41) is 3.03. The summed E-state index contributed by atoms with van der Waals surface area (Å²) in [4.78, 5) is 26.0. The molecule has 0 aromatic carbocycles. The lowest BCUT2D eigenvalue weighted by Crippen LogP contribution is -2.54. The van der Waals surface area contributed by atoms with Crippen LogP contribution in [0.3, 0.4) is 0 Å². The maximum atomic E-state index is 12.1. The summed E-state index contributed by atoms with van der Waals surface area (Å²) in [6.45, 7) is 7.41. The third-order valence-electron chi connectivity index (χ3n) is 4.30. The number of carbonyl (C=O) groups is 2. The number of rotatable bonds is 3. The second-order valence-electron chi connectivity index (χ2n) is 7.23. The first-order chi connectivity index (χ1) is 9.29. The highest BCUT2D eigenvalue weighted by Gasteiger charge is 2.35. The SMILES string of the molecule is CC(C)(C)[C@H](N)C(=O)NC1CCN(C(=O)C2CC2)CC1.Cl. The van der Waals surface area contributed by atoms with E-state index in [1.807, 2.05) is 25.7 Å². The molecule has 3 N–H and O–H groups in total. The standard InChI is InChI=1S/C15H27N3O2.ClH/c1-15(2,3)12(16)13(19)17-11-6-8-18(9-7-11)14(20)10-4-5-10;/h10-12H,4-9,16H2,1-3H3,(H,17,19);1H/t12-;/m1./s1. The van der Waals surface area contributed by atoms with Gasteiger partial charge in [-0.2, -0.15) is 0 Å². The predicted octanol–water partition coefficient (Wildman–Crippen LogP) is 1.30. The third-order valence-corrected chi connectivity index (χ3v) is 4.30.